The molecule has 0 aliphatic carbocycles. The van der Waals surface area contributed by atoms with Gasteiger partial charge in [0.25, 0.3) is 0 Å². The van der Waals surface area contributed by atoms with Gasteiger partial charge in [-0.1, -0.05) is 48.6 Å². The third kappa shape index (κ3) is 4.50. The first kappa shape index (κ1) is 21.5. The largest absolute Gasteiger partial charge is 0.395 e. The molecule has 2 amide bonds. The first-order chi connectivity index (χ1) is 15.1. The third-order valence-electron chi connectivity index (χ3n) is 6.45. The van der Waals surface area contributed by atoms with Gasteiger partial charge in [0.2, 0.25) is 0 Å². The molecule has 0 bridgehead atoms. The van der Waals surface area contributed by atoms with Crippen LogP contribution in [0, 0.1) is 5.82 Å². The molecule has 5 nitrogen and oxygen atoms in total. The highest BCUT2D eigenvalue weighted by molar-refractivity contribution is 5.89. The predicted octanol–water partition coefficient (Wildman–Crippen LogP) is 4.32. The van der Waals surface area contributed by atoms with Crippen LogP contribution in [-0.4, -0.2) is 59.3 Å². The zero-order valence-electron chi connectivity index (χ0n) is 17.9. The Balaban J connectivity index is 1.53. The third-order valence-corrected chi connectivity index (χ3v) is 6.45. The molecule has 0 aromatic heterocycles. The maximum absolute atomic E-state index is 14.0. The lowest BCUT2D eigenvalue weighted by molar-refractivity contribution is -0.0585. The van der Waals surface area contributed by atoms with Crippen LogP contribution >= 0.6 is 0 Å². The van der Waals surface area contributed by atoms with E-state index in [2.05, 4.69) is 40.6 Å². The average molecular weight is 424 g/mol. The molecular weight excluding hydrogens is 393 g/mol. The van der Waals surface area contributed by atoms with Gasteiger partial charge in [-0.25, -0.2) is 9.18 Å². The second-order valence-electron chi connectivity index (χ2n) is 8.31. The molecule has 2 fully saturated rings. The molecule has 2 aromatic rings. The summed E-state index contributed by atoms with van der Waals surface area (Å²) in [7, 11) is 0. The zero-order valence-corrected chi connectivity index (χ0v) is 17.9. The summed E-state index contributed by atoms with van der Waals surface area (Å²) in [5.74, 6) is -0.279. The molecule has 2 aliphatic rings. The van der Waals surface area contributed by atoms with E-state index in [1.807, 2.05) is 13.0 Å². The van der Waals surface area contributed by atoms with Gasteiger partial charge in [0.05, 0.1) is 12.3 Å². The molecule has 2 aliphatic heterocycles. The summed E-state index contributed by atoms with van der Waals surface area (Å²) in [6.45, 7) is 4.21. The lowest BCUT2D eigenvalue weighted by Crippen LogP contribution is -2.68. The number of anilines is 1. The van der Waals surface area contributed by atoms with Gasteiger partial charge in [0, 0.05) is 31.1 Å². The number of carbonyl (C=O) groups excluding carboxylic acids is 1. The molecule has 4 rings (SSSR count). The number of hydrogen-bond donors (Lipinski definition) is 2. The van der Waals surface area contributed by atoms with Crippen molar-refractivity contribution in [3.63, 3.8) is 0 Å². The summed E-state index contributed by atoms with van der Waals surface area (Å²) in [5.41, 5.74) is 2.53. The first-order valence-electron chi connectivity index (χ1n) is 11.0. The van der Waals surface area contributed by atoms with Gasteiger partial charge in [-0.3, -0.25) is 4.90 Å². The van der Waals surface area contributed by atoms with Gasteiger partial charge in [-0.15, -0.1) is 0 Å². The molecule has 2 aromatic carbocycles. The van der Waals surface area contributed by atoms with Crippen LogP contribution in [0.4, 0.5) is 14.9 Å². The van der Waals surface area contributed by atoms with Crippen LogP contribution in [0.25, 0.3) is 6.08 Å². The van der Waals surface area contributed by atoms with Crippen molar-refractivity contribution >= 4 is 17.8 Å². The Kier molecular flexibility index (Phi) is 6.68. The minimum Gasteiger partial charge on any atom is -0.395 e. The maximum atomic E-state index is 14.0. The molecular formula is C25H30FN3O2. The van der Waals surface area contributed by atoms with Gasteiger partial charge < -0.3 is 15.3 Å². The van der Waals surface area contributed by atoms with E-state index < -0.39 is 5.82 Å². The van der Waals surface area contributed by atoms with Crippen LogP contribution in [0.15, 0.2) is 54.6 Å². The van der Waals surface area contributed by atoms with E-state index >= 15 is 0 Å². The molecule has 3 atom stereocenters. The summed E-state index contributed by atoms with van der Waals surface area (Å²) < 4.78 is 14.0. The van der Waals surface area contributed by atoms with E-state index in [1.165, 1.54) is 11.6 Å². The Labute approximate surface area is 183 Å². The van der Waals surface area contributed by atoms with Crippen LogP contribution in [0.5, 0.6) is 0 Å². The fourth-order valence-electron chi connectivity index (χ4n) is 4.90. The topological polar surface area (TPSA) is 55.8 Å². The summed E-state index contributed by atoms with van der Waals surface area (Å²) in [6, 6.07) is 14.6. The van der Waals surface area contributed by atoms with E-state index in [0.29, 0.717) is 13.1 Å². The SMILES string of the molecule is C/C=C/c1ccc([C@@H]2[C@H]3CN(C(=O)Nc4ccccc4F)CCCCN3[C@H]2CO)cc1. The minimum absolute atomic E-state index is 0.0622. The molecule has 164 valence electrons. The average Bonchev–Trinajstić information content (AvgIpc) is 2.75. The van der Waals surface area contributed by atoms with E-state index in [1.54, 1.807) is 23.1 Å². The van der Waals surface area contributed by atoms with Crippen LogP contribution < -0.4 is 5.32 Å². The van der Waals surface area contributed by atoms with Gasteiger partial charge in [-0.2, -0.15) is 0 Å². The number of halogens is 1. The number of amides is 2. The van der Waals surface area contributed by atoms with Crippen LogP contribution in [0.2, 0.25) is 0 Å². The van der Waals surface area contributed by atoms with Crippen molar-refractivity contribution in [3.05, 3.63) is 71.6 Å². The van der Waals surface area contributed by atoms with Crippen LogP contribution in [0.1, 0.15) is 36.8 Å². The van der Waals surface area contributed by atoms with Gasteiger partial charge >= 0.3 is 6.03 Å². The highest BCUT2D eigenvalue weighted by Gasteiger charge is 2.49. The van der Waals surface area contributed by atoms with E-state index in [9.17, 15) is 14.3 Å². The highest BCUT2D eigenvalue weighted by Crippen LogP contribution is 2.42. The number of carbonyl (C=O) groups is 1. The number of aliphatic hydroxyl groups excluding tert-OH is 1. The molecule has 0 unspecified atom stereocenters. The van der Waals surface area contributed by atoms with E-state index in [-0.39, 0.29) is 36.3 Å². The Morgan fingerprint density at radius 2 is 1.90 bits per heavy atom. The van der Waals surface area contributed by atoms with Crippen molar-refractivity contribution in [2.24, 2.45) is 0 Å². The summed E-state index contributed by atoms with van der Waals surface area (Å²) in [6.07, 6.45) is 5.92. The highest BCUT2D eigenvalue weighted by atomic mass is 19.1. The predicted molar refractivity (Wildman–Crippen MR) is 121 cm³/mol. The molecule has 6 heteroatoms. The number of hydrogen-bond acceptors (Lipinski definition) is 3. The molecule has 0 radical (unpaired) electrons. The minimum atomic E-state index is -0.437. The van der Waals surface area contributed by atoms with Gasteiger partial charge in [0.15, 0.2) is 0 Å². The summed E-state index contributed by atoms with van der Waals surface area (Å²) in [4.78, 5) is 17.1. The number of allylic oxidation sites excluding steroid dienone is 1. The van der Waals surface area contributed by atoms with Gasteiger partial charge in [0.1, 0.15) is 5.82 Å². The number of para-hydroxylation sites is 1. The van der Waals surface area contributed by atoms with Gasteiger partial charge in [-0.05, 0) is 49.6 Å². The van der Waals surface area contributed by atoms with Crippen LogP contribution in [-0.2, 0) is 0 Å². The molecule has 2 N–H and O–H groups in total. The molecule has 0 spiro atoms. The lowest BCUT2D eigenvalue weighted by Gasteiger charge is -2.57. The number of rotatable bonds is 4. The molecule has 2 heterocycles. The smallest absolute Gasteiger partial charge is 0.321 e. The quantitative estimate of drug-likeness (QED) is 0.770. The lowest BCUT2D eigenvalue weighted by atomic mass is 9.74. The fraction of sp³-hybridized carbons (Fsp3) is 0.400. The monoisotopic (exact) mass is 423 g/mol. The second kappa shape index (κ2) is 9.62. The van der Waals surface area contributed by atoms with E-state index in [4.69, 9.17) is 0 Å². The fourth-order valence-corrected chi connectivity index (χ4v) is 4.90. The van der Waals surface area contributed by atoms with Crippen molar-refractivity contribution in [2.45, 2.75) is 37.8 Å². The van der Waals surface area contributed by atoms with E-state index in [0.717, 1.165) is 24.9 Å². The Morgan fingerprint density at radius 1 is 1.16 bits per heavy atom. The molecule has 31 heavy (non-hydrogen) atoms. The number of nitrogens with zero attached hydrogens (tertiary/aromatic N) is 2. The Morgan fingerprint density at radius 3 is 2.61 bits per heavy atom. The summed E-state index contributed by atoms with van der Waals surface area (Å²) >= 11 is 0. The molecule has 0 saturated carbocycles. The number of urea groups is 1. The Hall–Kier alpha value is -2.70. The van der Waals surface area contributed by atoms with Crippen LogP contribution in [0.3, 0.4) is 0 Å². The van der Waals surface area contributed by atoms with Crippen molar-refractivity contribution in [3.8, 4) is 0 Å². The van der Waals surface area contributed by atoms with Crippen molar-refractivity contribution in [1.29, 1.82) is 0 Å². The first-order valence-corrected chi connectivity index (χ1v) is 11.0. The zero-order chi connectivity index (χ0) is 21.8. The number of nitrogens with one attached hydrogen (secondary N) is 1. The molecule has 2 saturated heterocycles. The van der Waals surface area contributed by atoms with Crippen molar-refractivity contribution < 1.29 is 14.3 Å². The number of benzene rings is 2. The van der Waals surface area contributed by atoms with Crippen molar-refractivity contribution in [2.75, 3.05) is 31.6 Å². The maximum Gasteiger partial charge on any atom is 0.321 e. The summed E-state index contributed by atoms with van der Waals surface area (Å²) in [5, 5.41) is 12.8. The number of aliphatic hydroxyl groups is 1. The normalized spacial score (nSPS) is 24.2. The Bertz CT molecular complexity index is 931. The second-order valence-corrected chi connectivity index (χ2v) is 8.31. The standard InChI is InChI=1S/C25H30FN3O2/c1-2-7-18-10-12-19(13-11-18)24-22-16-28(14-5-6-15-29(22)23(24)17-30)25(31)27-21-9-4-3-8-20(21)26/h2-4,7-13,22-24,30H,5-6,14-17H2,1H3,(H,27,31)/b7-2+/t22-,23+,24-/m1/s1. The number of fused-ring (bicyclic) bond motifs is 1. The van der Waals surface area contributed by atoms with Crippen molar-refractivity contribution in [1.82, 2.24) is 9.80 Å².